The Morgan fingerprint density at radius 1 is 0.966 bits per heavy atom. The lowest BCUT2D eigenvalue weighted by Crippen LogP contribution is -2.21. The number of unbranched alkanes of at least 4 members (excludes halogenated alkanes) is 3. The van der Waals surface area contributed by atoms with Gasteiger partial charge in [0.15, 0.2) is 11.6 Å². The van der Waals surface area contributed by atoms with Crippen LogP contribution in [0, 0.1) is 23.4 Å². The highest BCUT2D eigenvalue weighted by molar-refractivity contribution is 5.66. The average Bonchev–Trinajstić information content (AvgIpc) is 2.74. The zero-order chi connectivity index (χ0) is 20.8. The molecule has 2 unspecified atom stereocenters. The maximum atomic E-state index is 14.8. The molecular formula is C24H29F3O2. The SMILES string of the molecule is CCCCCCC1CCC(c2ccc(-c3ccc(OC)cc3F)c(F)c2F)OC1. The van der Waals surface area contributed by atoms with E-state index in [0.717, 1.165) is 18.9 Å². The molecule has 0 aromatic heterocycles. The number of hydrogen-bond acceptors (Lipinski definition) is 2. The van der Waals surface area contributed by atoms with E-state index in [1.54, 1.807) is 0 Å². The first-order chi connectivity index (χ1) is 14.0. The van der Waals surface area contributed by atoms with E-state index in [4.69, 9.17) is 9.47 Å². The molecule has 0 saturated carbocycles. The molecule has 5 heteroatoms. The van der Waals surface area contributed by atoms with Crippen LogP contribution in [0.15, 0.2) is 30.3 Å². The first kappa shape index (κ1) is 21.7. The van der Waals surface area contributed by atoms with Crippen molar-refractivity contribution in [2.75, 3.05) is 13.7 Å². The van der Waals surface area contributed by atoms with E-state index in [0.29, 0.717) is 24.7 Å². The van der Waals surface area contributed by atoms with Crippen LogP contribution in [0.5, 0.6) is 5.75 Å². The molecule has 2 nitrogen and oxygen atoms in total. The van der Waals surface area contributed by atoms with Gasteiger partial charge in [-0.15, -0.1) is 0 Å². The van der Waals surface area contributed by atoms with E-state index in [1.807, 2.05) is 0 Å². The molecule has 0 amide bonds. The van der Waals surface area contributed by atoms with Gasteiger partial charge >= 0.3 is 0 Å². The fraction of sp³-hybridized carbons (Fsp3) is 0.500. The van der Waals surface area contributed by atoms with Crippen molar-refractivity contribution < 1.29 is 22.6 Å². The molecule has 2 atom stereocenters. The zero-order valence-electron chi connectivity index (χ0n) is 17.1. The third kappa shape index (κ3) is 5.13. The summed E-state index contributed by atoms with van der Waals surface area (Å²) in [7, 11) is 1.42. The second-order valence-electron chi connectivity index (χ2n) is 7.79. The lowest BCUT2D eigenvalue weighted by molar-refractivity contribution is -0.0218. The van der Waals surface area contributed by atoms with Gasteiger partial charge in [0.2, 0.25) is 0 Å². The number of methoxy groups -OCH3 is 1. The van der Waals surface area contributed by atoms with Crippen LogP contribution < -0.4 is 4.74 Å². The van der Waals surface area contributed by atoms with Gasteiger partial charge in [-0.1, -0.05) is 44.7 Å². The summed E-state index contributed by atoms with van der Waals surface area (Å²) < 4.78 is 54.7. The van der Waals surface area contributed by atoms with E-state index >= 15 is 0 Å². The highest BCUT2D eigenvalue weighted by atomic mass is 19.2. The minimum absolute atomic E-state index is 0.00505. The number of halogens is 3. The number of ether oxygens (including phenoxy) is 2. The number of hydrogen-bond donors (Lipinski definition) is 0. The molecule has 1 heterocycles. The second-order valence-corrected chi connectivity index (χ2v) is 7.79. The fourth-order valence-electron chi connectivity index (χ4n) is 4.00. The summed E-state index contributed by atoms with van der Waals surface area (Å²) in [5.41, 5.74) is 0.117. The highest BCUT2D eigenvalue weighted by Gasteiger charge is 2.27. The van der Waals surface area contributed by atoms with Gasteiger partial charge in [-0.25, -0.2) is 13.2 Å². The van der Waals surface area contributed by atoms with Crippen molar-refractivity contribution in [3.63, 3.8) is 0 Å². The third-order valence-corrected chi connectivity index (χ3v) is 5.76. The van der Waals surface area contributed by atoms with Crippen LogP contribution in [0.1, 0.15) is 63.5 Å². The molecule has 2 aromatic carbocycles. The molecular weight excluding hydrogens is 377 g/mol. The standard InChI is InChI=1S/C24H29F3O2/c1-3-4-5-6-7-16-8-13-22(29-15-16)20-12-11-19(23(26)24(20)27)18-10-9-17(28-2)14-21(18)25/h9-12,14,16,22H,3-8,13,15H2,1-2H3. The van der Waals surface area contributed by atoms with Crippen molar-refractivity contribution >= 4 is 0 Å². The summed E-state index contributed by atoms with van der Waals surface area (Å²) in [6.07, 6.45) is 7.19. The Kier molecular flexibility index (Phi) is 7.59. The maximum absolute atomic E-state index is 14.8. The number of rotatable bonds is 8. The Morgan fingerprint density at radius 2 is 1.76 bits per heavy atom. The van der Waals surface area contributed by atoms with Gasteiger partial charge < -0.3 is 9.47 Å². The minimum Gasteiger partial charge on any atom is -0.497 e. The molecule has 0 spiro atoms. The summed E-state index contributed by atoms with van der Waals surface area (Å²) in [5.74, 6) is -1.84. The first-order valence-electron chi connectivity index (χ1n) is 10.5. The molecule has 2 aromatic rings. The van der Waals surface area contributed by atoms with Crippen LogP contribution in [0.2, 0.25) is 0 Å². The van der Waals surface area contributed by atoms with Crippen LogP contribution in [-0.2, 0) is 4.74 Å². The monoisotopic (exact) mass is 406 g/mol. The third-order valence-electron chi connectivity index (χ3n) is 5.76. The molecule has 0 radical (unpaired) electrons. The topological polar surface area (TPSA) is 18.5 Å². The van der Waals surface area contributed by atoms with E-state index < -0.39 is 23.6 Å². The first-order valence-corrected chi connectivity index (χ1v) is 10.5. The van der Waals surface area contributed by atoms with E-state index in [9.17, 15) is 13.2 Å². The van der Waals surface area contributed by atoms with Crippen molar-refractivity contribution in [2.45, 2.75) is 58.0 Å². The molecule has 158 valence electrons. The van der Waals surface area contributed by atoms with Crippen LogP contribution in [-0.4, -0.2) is 13.7 Å². The average molecular weight is 406 g/mol. The van der Waals surface area contributed by atoms with Gasteiger partial charge in [0.1, 0.15) is 11.6 Å². The van der Waals surface area contributed by atoms with Crippen molar-refractivity contribution in [3.8, 4) is 16.9 Å². The van der Waals surface area contributed by atoms with Crippen molar-refractivity contribution in [3.05, 3.63) is 53.3 Å². The molecule has 0 bridgehead atoms. The molecule has 29 heavy (non-hydrogen) atoms. The summed E-state index contributed by atoms with van der Waals surface area (Å²) in [6.45, 7) is 2.77. The van der Waals surface area contributed by atoms with E-state index in [1.165, 1.54) is 57.1 Å². The Morgan fingerprint density at radius 3 is 2.41 bits per heavy atom. The van der Waals surface area contributed by atoms with Crippen LogP contribution in [0.4, 0.5) is 13.2 Å². The number of benzene rings is 2. The molecule has 1 fully saturated rings. The van der Waals surface area contributed by atoms with Crippen LogP contribution >= 0.6 is 0 Å². The van der Waals surface area contributed by atoms with Crippen LogP contribution in [0.25, 0.3) is 11.1 Å². The van der Waals surface area contributed by atoms with Crippen molar-refractivity contribution in [1.82, 2.24) is 0 Å². The van der Waals surface area contributed by atoms with Gasteiger partial charge in [0.25, 0.3) is 0 Å². The lowest BCUT2D eigenvalue weighted by Gasteiger charge is -2.29. The fourth-order valence-corrected chi connectivity index (χ4v) is 4.00. The maximum Gasteiger partial charge on any atom is 0.167 e. The Balaban J connectivity index is 1.69. The predicted molar refractivity (Wildman–Crippen MR) is 108 cm³/mol. The lowest BCUT2D eigenvalue weighted by atomic mass is 9.90. The second kappa shape index (κ2) is 10.1. The normalized spacial score (nSPS) is 19.3. The van der Waals surface area contributed by atoms with Gasteiger partial charge in [-0.3, -0.25) is 0 Å². The molecule has 1 aliphatic heterocycles. The highest BCUT2D eigenvalue weighted by Crippen LogP contribution is 2.37. The Hall–Kier alpha value is -2.01. The largest absolute Gasteiger partial charge is 0.497 e. The molecule has 0 N–H and O–H groups in total. The molecule has 0 aliphatic carbocycles. The van der Waals surface area contributed by atoms with Gasteiger partial charge in [0.05, 0.1) is 19.8 Å². The van der Waals surface area contributed by atoms with Crippen molar-refractivity contribution in [1.29, 1.82) is 0 Å². The van der Waals surface area contributed by atoms with Crippen molar-refractivity contribution in [2.24, 2.45) is 5.92 Å². The summed E-state index contributed by atoms with van der Waals surface area (Å²) in [6, 6.07) is 7.02. The van der Waals surface area contributed by atoms with E-state index in [2.05, 4.69) is 6.92 Å². The quantitative estimate of drug-likeness (QED) is 0.431. The molecule has 1 saturated heterocycles. The zero-order valence-corrected chi connectivity index (χ0v) is 17.1. The van der Waals surface area contributed by atoms with E-state index in [-0.39, 0.29) is 16.7 Å². The summed E-state index contributed by atoms with van der Waals surface area (Å²) in [4.78, 5) is 0. The summed E-state index contributed by atoms with van der Waals surface area (Å²) in [5, 5.41) is 0. The van der Waals surface area contributed by atoms with Gasteiger partial charge in [-0.05, 0) is 37.3 Å². The van der Waals surface area contributed by atoms with Gasteiger partial charge in [-0.2, -0.15) is 0 Å². The Labute approximate surface area is 171 Å². The predicted octanol–water partition coefficient (Wildman–Crippen LogP) is 7.22. The smallest absolute Gasteiger partial charge is 0.167 e. The van der Waals surface area contributed by atoms with Gasteiger partial charge in [0, 0.05) is 22.8 Å². The molecule has 3 rings (SSSR count). The summed E-state index contributed by atoms with van der Waals surface area (Å²) >= 11 is 0. The van der Waals surface area contributed by atoms with Crippen LogP contribution in [0.3, 0.4) is 0 Å². The Bertz CT molecular complexity index is 814. The minimum atomic E-state index is -1.04. The molecule has 1 aliphatic rings.